The zero-order chi connectivity index (χ0) is 26.6. The van der Waals surface area contributed by atoms with Gasteiger partial charge in [0.05, 0.1) is 27.4 Å². The van der Waals surface area contributed by atoms with Crippen molar-refractivity contribution in [3.63, 3.8) is 0 Å². The van der Waals surface area contributed by atoms with Crippen LogP contribution in [0.25, 0.3) is 6.08 Å². The maximum Gasteiger partial charge on any atom is 0.268 e. The number of carbonyl (C=O) groups excluding carboxylic acids is 2. The molecule has 2 aromatic carbocycles. The number of methoxy groups -OCH3 is 3. The van der Waals surface area contributed by atoms with E-state index in [4.69, 9.17) is 18.9 Å². The number of benzene rings is 2. The van der Waals surface area contributed by atoms with Crippen molar-refractivity contribution in [2.45, 2.75) is 31.9 Å². The van der Waals surface area contributed by atoms with Gasteiger partial charge in [0.1, 0.15) is 22.8 Å². The summed E-state index contributed by atoms with van der Waals surface area (Å²) in [7, 11) is 4.61. The molecule has 0 spiro atoms. The van der Waals surface area contributed by atoms with E-state index >= 15 is 0 Å². The Labute approximate surface area is 220 Å². The van der Waals surface area contributed by atoms with E-state index in [9.17, 15) is 9.59 Å². The number of nitrogens with one attached hydrogen (secondary N) is 2. The first-order chi connectivity index (χ1) is 17.7. The van der Waals surface area contributed by atoms with Crippen LogP contribution in [0, 0.1) is 0 Å². The van der Waals surface area contributed by atoms with Crippen LogP contribution in [0.1, 0.15) is 47.1 Å². The summed E-state index contributed by atoms with van der Waals surface area (Å²) < 4.78 is 22.1. The minimum absolute atomic E-state index is 0.121. The fraction of sp³-hybridized carbons (Fsp3) is 0.286. The molecule has 0 aliphatic carbocycles. The molecule has 0 unspecified atom stereocenters. The molecule has 3 aromatic rings. The van der Waals surface area contributed by atoms with E-state index in [-0.39, 0.29) is 11.7 Å². The molecular formula is C28H30N2O6S. The van der Waals surface area contributed by atoms with E-state index in [2.05, 4.69) is 10.6 Å². The van der Waals surface area contributed by atoms with Crippen molar-refractivity contribution in [3.05, 3.63) is 75.6 Å². The maximum absolute atomic E-state index is 13.6. The molecule has 1 aromatic heterocycles. The second-order valence-electron chi connectivity index (χ2n) is 9.09. The standard InChI is InChI=1S/C28H30N2O6S/c1-28(2)16-22(20-14-18(33-3)9-11-23(20)36-28)30-27(32)21(15-19-7-6-12-37-19)29-26(31)17-8-10-24(34-4)25(13-17)35-5/h6-15,22H,16H2,1-5H3,(H,29,31)(H,30,32)/b21-15-/t22-/m0/s1. The average molecular weight is 523 g/mol. The molecule has 1 atom stereocenters. The van der Waals surface area contributed by atoms with Crippen molar-refractivity contribution in [2.75, 3.05) is 21.3 Å². The third-order valence-corrected chi connectivity index (χ3v) is 6.77. The molecule has 8 nitrogen and oxygen atoms in total. The first-order valence-electron chi connectivity index (χ1n) is 11.7. The number of thiophene rings is 1. The van der Waals surface area contributed by atoms with Gasteiger partial charge in [-0.25, -0.2) is 0 Å². The van der Waals surface area contributed by atoms with Crippen molar-refractivity contribution >= 4 is 29.2 Å². The molecule has 1 aliphatic rings. The molecule has 0 saturated carbocycles. The summed E-state index contributed by atoms with van der Waals surface area (Å²) in [5, 5.41) is 7.78. The van der Waals surface area contributed by atoms with Crippen molar-refractivity contribution in [1.29, 1.82) is 0 Å². The molecule has 194 valence electrons. The minimum atomic E-state index is -0.500. The van der Waals surface area contributed by atoms with Crippen molar-refractivity contribution in [2.24, 2.45) is 0 Å². The number of carbonyl (C=O) groups is 2. The summed E-state index contributed by atoms with van der Waals surface area (Å²) in [6, 6.07) is 13.8. The molecule has 4 rings (SSSR count). The van der Waals surface area contributed by atoms with Crippen LogP contribution in [-0.2, 0) is 4.79 Å². The molecule has 0 saturated heterocycles. The molecular weight excluding hydrogens is 492 g/mol. The molecule has 2 heterocycles. The topological polar surface area (TPSA) is 95.1 Å². The highest BCUT2D eigenvalue weighted by molar-refractivity contribution is 7.10. The zero-order valence-corrected chi connectivity index (χ0v) is 22.2. The molecule has 0 fully saturated rings. The van der Waals surface area contributed by atoms with Gasteiger partial charge >= 0.3 is 0 Å². The summed E-state index contributed by atoms with van der Waals surface area (Å²) in [6.45, 7) is 3.95. The van der Waals surface area contributed by atoms with Gasteiger partial charge < -0.3 is 29.6 Å². The lowest BCUT2D eigenvalue weighted by atomic mass is 9.89. The second-order valence-corrected chi connectivity index (χ2v) is 10.1. The van der Waals surface area contributed by atoms with E-state index in [1.54, 1.807) is 31.4 Å². The van der Waals surface area contributed by atoms with E-state index in [0.717, 1.165) is 10.4 Å². The summed E-state index contributed by atoms with van der Waals surface area (Å²) in [5.74, 6) is 1.39. The first kappa shape index (κ1) is 26.1. The van der Waals surface area contributed by atoms with E-state index < -0.39 is 17.4 Å². The van der Waals surface area contributed by atoms with Crippen LogP contribution in [0.2, 0.25) is 0 Å². The summed E-state index contributed by atoms with van der Waals surface area (Å²) >= 11 is 1.46. The number of amides is 2. The molecule has 9 heteroatoms. The Morgan fingerprint density at radius 1 is 1.03 bits per heavy atom. The molecule has 0 bridgehead atoms. The second kappa shape index (κ2) is 11.0. The summed E-state index contributed by atoms with van der Waals surface area (Å²) in [6.07, 6.45) is 2.20. The van der Waals surface area contributed by atoms with Gasteiger partial charge in [0, 0.05) is 22.4 Å². The Bertz CT molecular complexity index is 1320. The Hall–Kier alpha value is -3.98. The highest BCUT2D eigenvalue weighted by atomic mass is 32.1. The first-order valence-corrected chi connectivity index (χ1v) is 12.6. The largest absolute Gasteiger partial charge is 0.497 e. The fourth-order valence-electron chi connectivity index (χ4n) is 4.17. The number of ether oxygens (including phenoxy) is 4. The number of hydrogen-bond donors (Lipinski definition) is 2. The highest BCUT2D eigenvalue weighted by Crippen LogP contribution is 2.41. The lowest BCUT2D eigenvalue weighted by Crippen LogP contribution is -2.43. The van der Waals surface area contributed by atoms with Crippen molar-refractivity contribution in [1.82, 2.24) is 10.6 Å². The Morgan fingerprint density at radius 2 is 1.81 bits per heavy atom. The van der Waals surface area contributed by atoms with Crippen LogP contribution in [0.4, 0.5) is 0 Å². The van der Waals surface area contributed by atoms with Crippen LogP contribution < -0.4 is 29.6 Å². The number of hydrogen-bond acceptors (Lipinski definition) is 7. The third kappa shape index (κ3) is 6.06. The summed E-state index contributed by atoms with van der Waals surface area (Å²) in [5.41, 5.74) is 0.759. The van der Waals surface area contributed by atoms with Crippen LogP contribution in [-0.4, -0.2) is 38.7 Å². The number of rotatable bonds is 8. The summed E-state index contributed by atoms with van der Waals surface area (Å²) in [4.78, 5) is 27.6. The monoisotopic (exact) mass is 522 g/mol. The van der Waals surface area contributed by atoms with Crippen LogP contribution in [0.5, 0.6) is 23.0 Å². The predicted molar refractivity (Wildman–Crippen MR) is 143 cm³/mol. The molecule has 0 radical (unpaired) electrons. The van der Waals surface area contributed by atoms with E-state index in [1.807, 2.05) is 49.6 Å². The molecule has 2 amide bonds. The van der Waals surface area contributed by atoms with Gasteiger partial charge in [-0.2, -0.15) is 0 Å². The van der Waals surface area contributed by atoms with Crippen LogP contribution in [0.3, 0.4) is 0 Å². The zero-order valence-electron chi connectivity index (χ0n) is 21.4. The normalized spacial score (nSPS) is 16.1. The Morgan fingerprint density at radius 3 is 2.49 bits per heavy atom. The quantitative estimate of drug-likeness (QED) is 0.406. The average Bonchev–Trinajstić information content (AvgIpc) is 3.40. The smallest absolute Gasteiger partial charge is 0.268 e. The molecule has 2 N–H and O–H groups in total. The third-order valence-electron chi connectivity index (χ3n) is 5.95. The SMILES string of the molecule is COc1ccc2c(c1)[C@@H](NC(=O)/C(=C/c1cccs1)NC(=O)c1ccc(OC)c(OC)c1)CC(C)(C)O2. The van der Waals surface area contributed by atoms with E-state index in [1.165, 1.54) is 25.6 Å². The van der Waals surface area contributed by atoms with Crippen molar-refractivity contribution < 1.29 is 28.5 Å². The van der Waals surface area contributed by atoms with Gasteiger partial charge in [0.25, 0.3) is 11.8 Å². The molecule has 1 aliphatic heterocycles. The number of fused-ring (bicyclic) bond motifs is 1. The predicted octanol–water partition coefficient (Wildman–Crippen LogP) is 4.96. The van der Waals surface area contributed by atoms with Gasteiger partial charge in [-0.3, -0.25) is 9.59 Å². The van der Waals surface area contributed by atoms with Gasteiger partial charge in [0.2, 0.25) is 0 Å². The molecule has 37 heavy (non-hydrogen) atoms. The van der Waals surface area contributed by atoms with Gasteiger partial charge in [-0.05, 0) is 67.8 Å². The van der Waals surface area contributed by atoms with Gasteiger partial charge in [-0.1, -0.05) is 6.07 Å². The van der Waals surface area contributed by atoms with Gasteiger partial charge in [0.15, 0.2) is 11.5 Å². The van der Waals surface area contributed by atoms with Crippen LogP contribution in [0.15, 0.2) is 59.6 Å². The lowest BCUT2D eigenvalue weighted by Gasteiger charge is -2.38. The highest BCUT2D eigenvalue weighted by Gasteiger charge is 2.35. The van der Waals surface area contributed by atoms with Crippen LogP contribution >= 0.6 is 11.3 Å². The Kier molecular flexibility index (Phi) is 7.73. The minimum Gasteiger partial charge on any atom is -0.497 e. The fourth-order valence-corrected chi connectivity index (χ4v) is 4.83. The Balaban J connectivity index is 1.63. The maximum atomic E-state index is 13.6. The lowest BCUT2D eigenvalue weighted by molar-refractivity contribution is -0.119. The van der Waals surface area contributed by atoms with Gasteiger partial charge in [-0.15, -0.1) is 11.3 Å². The van der Waals surface area contributed by atoms with Crippen molar-refractivity contribution in [3.8, 4) is 23.0 Å². The van der Waals surface area contributed by atoms with E-state index in [0.29, 0.717) is 35.0 Å².